The van der Waals surface area contributed by atoms with Crippen LogP contribution in [0.1, 0.15) is 37.8 Å². The average molecular weight is 363 g/mol. The number of carbonyl (C=O) groups excluding carboxylic acids is 1. The minimum atomic E-state index is 0.158. The van der Waals surface area contributed by atoms with Gasteiger partial charge in [0, 0.05) is 44.4 Å². The third-order valence-electron chi connectivity index (χ3n) is 4.56. The number of hydrogen-bond donors (Lipinski definition) is 2. The summed E-state index contributed by atoms with van der Waals surface area (Å²) in [5.74, 6) is 1.06. The van der Waals surface area contributed by atoms with Crippen LogP contribution in [-0.4, -0.2) is 47.9 Å². The summed E-state index contributed by atoms with van der Waals surface area (Å²) in [5.41, 5.74) is 2.40. The number of nitrogens with one attached hydrogen (secondary N) is 2. The minimum Gasteiger partial charge on any atom is -0.355 e. The van der Waals surface area contributed by atoms with Crippen LogP contribution in [0.2, 0.25) is 0 Å². The van der Waals surface area contributed by atoms with E-state index >= 15 is 0 Å². The fourth-order valence-electron chi connectivity index (χ4n) is 2.73. The number of nitrogens with zero attached hydrogens (tertiary/aromatic N) is 2. The summed E-state index contributed by atoms with van der Waals surface area (Å²) in [6.45, 7) is 7.52. The first kappa shape index (κ1) is 19.6. The van der Waals surface area contributed by atoms with Gasteiger partial charge in [-0.3, -0.25) is 9.79 Å². The van der Waals surface area contributed by atoms with Crippen LogP contribution >= 0.6 is 11.8 Å². The molecular formula is C19H30N4OS. The summed E-state index contributed by atoms with van der Waals surface area (Å²) in [4.78, 5) is 18.1. The van der Waals surface area contributed by atoms with Crippen LogP contribution in [0.15, 0.2) is 29.3 Å². The number of aliphatic imine (C=N–C) groups is 1. The minimum absolute atomic E-state index is 0.158. The quantitative estimate of drug-likeness (QED) is 0.578. The molecule has 0 unspecified atom stereocenters. The van der Waals surface area contributed by atoms with Gasteiger partial charge in [0.25, 0.3) is 0 Å². The summed E-state index contributed by atoms with van der Waals surface area (Å²) in [6.07, 6.45) is 3.77. The van der Waals surface area contributed by atoms with E-state index in [1.165, 1.54) is 11.1 Å². The zero-order valence-electron chi connectivity index (χ0n) is 15.8. The Bertz CT molecular complexity index is 615. The molecule has 1 saturated heterocycles. The van der Waals surface area contributed by atoms with Gasteiger partial charge in [-0.05, 0) is 37.7 Å². The van der Waals surface area contributed by atoms with Crippen LogP contribution < -0.4 is 10.6 Å². The first-order valence-electron chi connectivity index (χ1n) is 8.79. The molecule has 1 heterocycles. The van der Waals surface area contributed by atoms with Gasteiger partial charge in [-0.25, -0.2) is 0 Å². The normalized spacial score (nSPS) is 15.6. The molecule has 0 aliphatic carbocycles. The van der Waals surface area contributed by atoms with Crippen LogP contribution in [0.3, 0.4) is 0 Å². The van der Waals surface area contributed by atoms with Gasteiger partial charge in [0.05, 0.1) is 0 Å². The first-order chi connectivity index (χ1) is 11.9. The van der Waals surface area contributed by atoms with Gasteiger partial charge in [-0.1, -0.05) is 24.3 Å². The maximum Gasteiger partial charge on any atom is 0.222 e. The van der Waals surface area contributed by atoms with E-state index in [0.717, 1.165) is 25.5 Å². The second-order valence-corrected chi connectivity index (χ2v) is 8.44. The molecule has 1 aromatic carbocycles. The monoisotopic (exact) mass is 362 g/mol. The third kappa shape index (κ3) is 5.96. The summed E-state index contributed by atoms with van der Waals surface area (Å²) in [5, 5.41) is 6.77. The number of carbonyl (C=O) groups is 1. The molecule has 0 atom stereocenters. The van der Waals surface area contributed by atoms with E-state index in [2.05, 4.69) is 47.9 Å². The predicted molar refractivity (Wildman–Crippen MR) is 107 cm³/mol. The Kier molecular flexibility index (Phi) is 7.17. The van der Waals surface area contributed by atoms with Crippen molar-refractivity contribution >= 4 is 23.6 Å². The van der Waals surface area contributed by atoms with Crippen molar-refractivity contribution in [2.45, 2.75) is 44.5 Å². The zero-order chi connectivity index (χ0) is 18.3. The molecule has 1 aliphatic rings. The van der Waals surface area contributed by atoms with Crippen molar-refractivity contribution in [3.63, 3.8) is 0 Å². The molecule has 0 aromatic heterocycles. The van der Waals surface area contributed by atoms with Gasteiger partial charge in [0.2, 0.25) is 5.91 Å². The highest BCUT2D eigenvalue weighted by Crippen LogP contribution is 2.19. The Morgan fingerprint density at radius 2 is 2.00 bits per heavy atom. The Hall–Kier alpha value is -1.69. The van der Waals surface area contributed by atoms with Crippen molar-refractivity contribution in [2.24, 2.45) is 4.99 Å². The van der Waals surface area contributed by atoms with E-state index < -0.39 is 0 Å². The molecule has 1 aliphatic heterocycles. The van der Waals surface area contributed by atoms with E-state index in [9.17, 15) is 4.79 Å². The largest absolute Gasteiger partial charge is 0.355 e. The van der Waals surface area contributed by atoms with Crippen molar-refractivity contribution in [2.75, 3.05) is 26.4 Å². The van der Waals surface area contributed by atoms with E-state index in [-0.39, 0.29) is 10.7 Å². The maximum atomic E-state index is 11.9. The smallest absolute Gasteiger partial charge is 0.222 e. The van der Waals surface area contributed by atoms with Gasteiger partial charge < -0.3 is 15.5 Å². The molecule has 0 spiro atoms. The van der Waals surface area contributed by atoms with Gasteiger partial charge in [0.15, 0.2) is 5.96 Å². The SMILES string of the molecule is CN=C(NCc1ccccc1CN1CCCC1=O)NCC(C)(C)SC. The lowest BCUT2D eigenvalue weighted by Crippen LogP contribution is -2.43. The lowest BCUT2D eigenvalue weighted by atomic mass is 10.1. The van der Waals surface area contributed by atoms with Crippen molar-refractivity contribution in [1.82, 2.24) is 15.5 Å². The molecule has 0 bridgehead atoms. The second kappa shape index (κ2) is 9.13. The molecule has 0 radical (unpaired) electrons. The molecule has 138 valence electrons. The van der Waals surface area contributed by atoms with Crippen LogP contribution in [0, 0.1) is 0 Å². The Morgan fingerprint density at radius 1 is 1.28 bits per heavy atom. The Morgan fingerprint density at radius 3 is 2.60 bits per heavy atom. The molecule has 25 heavy (non-hydrogen) atoms. The zero-order valence-corrected chi connectivity index (χ0v) is 16.6. The Labute approximate surface area is 155 Å². The third-order valence-corrected chi connectivity index (χ3v) is 5.80. The number of guanidine groups is 1. The van der Waals surface area contributed by atoms with Gasteiger partial charge >= 0.3 is 0 Å². The van der Waals surface area contributed by atoms with Crippen LogP contribution in [0.5, 0.6) is 0 Å². The fourth-order valence-corrected chi connectivity index (χ4v) is 2.95. The molecule has 0 saturated carbocycles. The van der Waals surface area contributed by atoms with E-state index in [1.807, 2.05) is 28.8 Å². The van der Waals surface area contributed by atoms with Crippen molar-refractivity contribution in [3.05, 3.63) is 35.4 Å². The highest BCUT2D eigenvalue weighted by molar-refractivity contribution is 7.99. The van der Waals surface area contributed by atoms with E-state index in [4.69, 9.17) is 0 Å². The number of likely N-dealkylation sites (tertiary alicyclic amines) is 1. The fraction of sp³-hybridized carbons (Fsp3) is 0.579. The van der Waals surface area contributed by atoms with E-state index in [0.29, 0.717) is 19.5 Å². The number of rotatable bonds is 7. The number of amides is 1. The van der Waals surface area contributed by atoms with E-state index in [1.54, 1.807) is 7.05 Å². The summed E-state index contributed by atoms with van der Waals surface area (Å²) in [6, 6.07) is 8.30. The lowest BCUT2D eigenvalue weighted by molar-refractivity contribution is -0.128. The van der Waals surface area contributed by atoms with Gasteiger partial charge in [-0.15, -0.1) is 0 Å². The maximum absolute atomic E-state index is 11.9. The van der Waals surface area contributed by atoms with Crippen molar-refractivity contribution < 1.29 is 4.79 Å². The lowest BCUT2D eigenvalue weighted by Gasteiger charge is -2.24. The standard InChI is InChI=1S/C19H30N4OS/c1-19(2,25-4)14-22-18(20-3)21-12-15-8-5-6-9-16(15)13-23-11-7-10-17(23)24/h5-6,8-9H,7,10-14H2,1-4H3,(H2,20,21,22). The van der Waals surface area contributed by atoms with Gasteiger partial charge in [-0.2, -0.15) is 11.8 Å². The topological polar surface area (TPSA) is 56.7 Å². The van der Waals surface area contributed by atoms with Crippen LogP contribution in [-0.2, 0) is 17.9 Å². The second-order valence-electron chi connectivity index (χ2n) is 6.93. The molecule has 1 aromatic rings. The highest BCUT2D eigenvalue weighted by Gasteiger charge is 2.21. The molecule has 5 nitrogen and oxygen atoms in total. The summed E-state index contributed by atoms with van der Waals surface area (Å²) >= 11 is 1.83. The van der Waals surface area contributed by atoms with Crippen molar-refractivity contribution in [3.8, 4) is 0 Å². The Balaban J connectivity index is 1.94. The molecule has 2 rings (SSSR count). The first-order valence-corrected chi connectivity index (χ1v) is 10.0. The number of hydrogen-bond acceptors (Lipinski definition) is 3. The molecule has 6 heteroatoms. The van der Waals surface area contributed by atoms with Crippen LogP contribution in [0.25, 0.3) is 0 Å². The summed E-state index contributed by atoms with van der Waals surface area (Å²) < 4.78 is 0.158. The molecular weight excluding hydrogens is 332 g/mol. The molecule has 1 amide bonds. The highest BCUT2D eigenvalue weighted by atomic mass is 32.2. The number of benzene rings is 1. The molecule has 1 fully saturated rings. The average Bonchev–Trinajstić information content (AvgIpc) is 3.01. The van der Waals surface area contributed by atoms with Gasteiger partial charge in [0.1, 0.15) is 0 Å². The molecule has 2 N–H and O–H groups in total. The van der Waals surface area contributed by atoms with Crippen LogP contribution in [0.4, 0.5) is 0 Å². The van der Waals surface area contributed by atoms with Crippen molar-refractivity contribution in [1.29, 1.82) is 0 Å². The number of thioether (sulfide) groups is 1. The summed E-state index contributed by atoms with van der Waals surface area (Å²) in [7, 11) is 1.79. The predicted octanol–water partition coefficient (Wildman–Crippen LogP) is 2.62.